The molecule has 0 spiro atoms. The molecule has 0 heterocycles. The third kappa shape index (κ3) is 1.50. The van der Waals surface area contributed by atoms with E-state index in [1.165, 1.54) is 0 Å². The number of hydrogen-bond donors (Lipinski definition) is 0. The van der Waals surface area contributed by atoms with E-state index in [1.54, 1.807) is 13.8 Å². The lowest BCUT2D eigenvalue weighted by molar-refractivity contribution is -0.121. The van der Waals surface area contributed by atoms with Crippen molar-refractivity contribution < 1.29 is 13.2 Å². The van der Waals surface area contributed by atoms with Crippen LogP contribution in [0, 0.1) is 29.6 Å². The van der Waals surface area contributed by atoms with E-state index in [9.17, 15) is 13.2 Å². The summed E-state index contributed by atoms with van der Waals surface area (Å²) in [5.74, 6) is -4.46. The van der Waals surface area contributed by atoms with Crippen molar-refractivity contribution in [3.8, 4) is 0 Å². The first-order chi connectivity index (χ1) is 6.85. The van der Waals surface area contributed by atoms with Gasteiger partial charge in [0.2, 0.25) is 0 Å². The van der Waals surface area contributed by atoms with Gasteiger partial charge in [0, 0.05) is 11.8 Å². The summed E-state index contributed by atoms with van der Waals surface area (Å²) in [7, 11) is 0. The molecule has 6 unspecified atom stereocenters. The summed E-state index contributed by atoms with van der Waals surface area (Å²) in [6.07, 6.45) is 0.150. The molecule has 0 aromatic rings. The minimum Gasteiger partial charge on any atom is -0.247 e. The van der Waals surface area contributed by atoms with Crippen LogP contribution < -0.4 is 0 Å². The highest BCUT2D eigenvalue weighted by Crippen LogP contribution is 2.57. The maximum Gasteiger partial charge on any atom is 0.254 e. The van der Waals surface area contributed by atoms with Gasteiger partial charge in [-0.15, -0.1) is 0 Å². The molecule has 6 atom stereocenters. The molecule has 2 rings (SSSR count). The molecule has 2 aliphatic carbocycles. The Hall–Kier alpha value is -0.210. The molecule has 0 radical (unpaired) electrons. The molecule has 0 saturated heterocycles. The van der Waals surface area contributed by atoms with Gasteiger partial charge in [-0.25, -0.2) is 13.2 Å². The van der Waals surface area contributed by atoms with Crippen molar-refractivity contribution in [1.29, 1.82) is 0 Å². The Morgan fingerprint density at radius 1 is 1.07 bits per heavy atom. The van der Waals surface area contributed by atoms with Gasteiger partial charge < -0.3 is 0 Å². The second kappa shape index (κ2) is 3.39. The van der Waals surface area contributed by atoms with Gasteiger partial charge in [0.1, 0.15) is 6.17 Å². The van der Waals surface area contributed by atoms with Crippen molar-refractivity contribution in [2.24, 2.45) is 29.6 Å². The fourth-order valence-corrected chi connectivity index (χ4v) is 3.75. The molecule has 88 valence electrons. The molecule has 0 nitrogen and oxygen atoms in total. The zero-order valence-electron chi connectivity index (χ0n) is 9.51. The quantitative estimate of drug-likeness (QED) is 0.580. The Morgan fingerprint density at radius 2 is 1.67 bits per heavy atom. The fourth-order valence-electron chi connectivity index (χ4n) is 3.75. The van der Waals surface area contributed by atoms with Crippen molar-refractivity contribution in [1.82, 2.24) is 0 Å². The summed E-state index contributed by atoms with van der Waals surface area (Å²) in [6.45, 7) is 5.10. The molecular weight excluding hydrogens is 201 g/mol. The van der Waals surface area contributed by atoms with Gasteiger partial charge in [0.15, 0.2) is 0 Å². The highest BCUT2D eigenvalue weighted by atomic mass is 19.3. The van der Waals surface area contributed by atoms with E-state index in [0.29, 0.717) is 12.8 Å². The molecule has 0 aliphatic heterocycles. The first-order valence-electron chi connectivity index (χ1n) is 5.87. The van der Waals surface area contributed by atoms with Gasteiger partial charge in [-0.1, -0.05) is 20.8 Å². The van der Waals surface area contributed by atoms with Gasteiger partial charge in [-0.2, -0.15) is 0 Å². The van der Waals surface area contributed by atoms with E-state index in [2.05, 4.69) is 0 Å². The third-order valence-electron chi connectivity index (χ3n) is 4.55. The zero-order chi connectivity index (χ0) is 11.4. The summed E-state index contributed by atoms with van der Waals surface area (Å²) in [5.41, 5.74) is 0. The van der Waals surface area contributed by atoms with Crippen LogP contribution in [-0.4, -0.2) is 12.1 Å². The largest absolute Gasteiger partial charge is 0.254 e. The number of alkyl halides is 3. The van der Waals surface area contributed by atoms with Gasteiger partial charge in [0.05, 0.1) is 0 Å². The average Bonchev–Trinajstić information content (AvgIpc) is 2.34. The van der Waals surface area contributed by atoms with Gasteiger partial charge >= 0.3 is 0 Å². The van der Waals surface area contributed by atoms with Crippen LogP contribution in [0.25, 0.3) is 0 Å². The van der Waals surface area contributed by atoms with Gasteiger partial charge in [0.25, 0.3) is 5.92 Å². The summed E-state index contributed by atoms with van der Waals surface area (Å²) >= 11 is 0. The monoisotopic (exact) mass is 220 g/mol. The predicted octanol–water partition coefficient (Wildman–Crippen LogP) is 3.91. The second-order valence-corrected chi connectivity index (χ2v) is 5.61. The molecule has 0 aromatic heterocycles. The van der Waals surface area contributed by atoms with Crippen LogP contribution in [-0.2, 0) is 0 Å². The SMILES string of the molecule is CC1CC2CC(C)C(F)(F)C2C(C)C1F. The van der Waals surface area contributed by atoms with E-state index < -0.39 is 29.8 Å². The van der Waals surface area contributed by atoms with E-state index in [1.807, 2.05) is 6.92 Å². The lowest BCUT2D eigenvalue weighted by atomic mass is 9.68. The van der Waals surface area contributed by atoms with Crippen molar-refractivity contribution in [3.63, 3.8) is 0 Å². The Labute approximate surface area is 89.2 Å². The Kier molecular flexibility index (Phi) is 2.55. The van der Waals surface area contributed by atoms with Gasteiger partial charge in [-0.3, -0.25) is 0 Å². The summed E-state index contributed by atoms with van der Waals surface area (Å²) in [5, 5.41) is 0. The van der Waals surface area contributed by atoms with Crippen LogP contribution in [0.5, 0.6) is 0 Å². The first kappa shape index (κ1) is 11.3. The standard InChI is InChI=1S/C12H19F3/c1-6-4-9-5-7(2)12(14,15)10(9)8(3)11(6)13/h6-11H,4-5H2,1-3H3. The number of fused-ring (bicyclic) bond motifs is 1. The smallest absolute Gasteiger partial charge is 0.247 e. The number of hydrogen-bond acceptors (Lipinski definition) is 0. The van der Waals surface area contributed by atoms with E-state index in [4.69, 9.17) is 0 Å². The molecule has 2 fully saturated rings. The number of rotatable bonds is 0. The van der Waals surface area contributed by atoms with Gasteiger partial charge in [-0.05, 0) is 30.6 Å². The van der Waals surface area contributed by atoms with E-state index in [0.717, 1.165) is 0 Å². The Morgan fingerprint density at radius 3 is 2.27 bits per heavy atom. The van der Waals surface area contributed by atoms with Crippen LogP contribution in [0.15, 0.2) is 0 Å². The van der Waals surface area contributed by atoms with Crippen molar-refractivity contribution in [3.05, 3.63) is 0 Å². The summed E-state index contributed by atoms with van der Waals surface area (Å²) in [4.78, 5) is 0. The predicted molar refractivity (Wildman–Crippen MR) is 53.5 cm³/mol. The molecule has 15 heavy (non-hydrogen) atoms. The van der Waals surface area contributed by atoms with Crippen LogP contribution in [0.1, 0.15) is 33.6 Å². The fraction of sp³-hybridized carbons (Fsp3) is 1.00. The zero-order valence-corrected chi connectivity index (χ0v) is 9.51. The number of halogens is 3. The van der Waals surface area contributed by atoms with Crippen molar-refractivity contribution in [2.75, 3.05) is 0 Å². The molecule has 0 aromatic carbocycles. The molecule has 3 heteroatoms. The molecule has 0 amide bonds. The third-order valence-corrected chi connectivity index (χ3v) is 4.55. The Balaban J connectivity index is 2.27. The van der Waals surface area contributed by atoms with Crippen LogP contribution in [0.3, 0.4) is 0 Å². The molecule has 2 aliphatic rings. The first-order valence-corrected chi connectivity index (χ1v) is 5.87. The highest BCUT2D eigenvalue weighted by Gasteiger charge is 2.60. The van der Waals surface area contributed by atoms with E-state index in [-0.39, 0.29) is 11.8 Å². The van der Waals surface area contributed by atoms with Crippen molar-refractivity contribution >= 4 is 0 Å². The molecule has 0 bridgehead atoms. The highest BCUT2D eigenvalue weighted by molar-refractivity contribution is 5.02. The minimum atomic E-state index is -2.66. The summed E-state index contributed by atoms with van der Waals surface area (Å²) in [6, 6.07) is 0. The normalized spacial score (nSPS) is 54.0. The Bertz CT molecular complexity index is 249. The lowest BCUT2D eigenvalue weighted by Crippen LogP contribution is -2.44. The molecule has 2 saturated carbocycles. The minimum absolute atomic E-state index is 0.0343. The topological polar surface area (TPSA) is 0 Å². The van der Waals surface area contributed by atoms with Crippen molar-refractivity contribution in [2.45, 2.75) is 45.7 Å². The van der Waals surface area contributed by atoms with Crippen LogP contribution in [0.4, 0.5) is 13.2 Å². The van der Waals surface area contributed by atoms with E-state index >= 15 is 0 Å². The average molecular weight is 220 g/mol. The van der Waals surface area contributed by atoms with Crippen LogP contribution in [0.2, 0.25) is 0 Å². The van der Waals surface area contributed by atoms with Crippen LogP contribution >= 0.6 is 0 Å². The maximum atomic E-state index is 13.9. The maximum absolute atomic E-state index is 13.9. The second-order valence-electron chi connectivity index (χ2n) is 5.61. The summed E-state index contributed by atoms with van der Waals surface area (Å²) < 4.78 is 41.5. The lowest BCUT2D eigenvalue weighted by Gasteiger charge is -2.40. The molecule has 0 N–H and O–H groups in total. The molecular formula is C12H19F3.